The number of ether oxygens (including phenoxy) is 1. The number of methoxy groups -OCH3 is 1. The first kappa shape index (κ1) is 11.8. The highest BCUT2D eigenvalue weighted by Gasteiger charge is 2.24. The van der Waals surface area contributed by atoms with E-state index in [0.717, 1.165) is 35.4 Å². The van der Waals surface area contributed by atoms with Crippen molar-refractivity contribution in [1.82, 2.24) is 4.98 Å². The first-order valence-corrected chi connectivity index (χ1v) is 6.16. The molecule has 1 fully saturated rings. The Hall–Kier alpha value is -0.650. The van der Waals surface area contributed by atoms with Crippen LogP contribution in [0.3, 0.4) is 0 Å². The Morgan fingerprint density at radius 1 is 1.69 bits per heavy atom. The molecule has 2 N–H and O–H groups in total. The fourth-order valence-electron chi connectivity index (χ4n) is 2.02. The van der Waals surface area contributed by atoms with Crippen LogP contribution in [0, 0.1) is 0 Å². The van der Waals surface area contributed by atoms with Crippen LogP contribution >= 0.6 is 15.9 Å². The number of hydrogen-bond acceptors (Lipinski definition) is 4. The zero-order valence-electron chi connectivity index (χ0n) is 9.32. The summed E-state index contributed by atoms with van der Waals surface area (Å²) < 4.78 is 6.32. The molecule has 1 saturated heterocycles. The van der Waals surface area contributed by atoms with E-state index in [4.69, 9.17) is 10.5 Å². The molecule has 0 radical (unpaired) electrons. The molecule has 2 rings (SSSR count). The molecular formula is C11H16BrN3O. The highest BCUT2D eigenvalue weighted by Crippen LogP contribution is 2.25. The number of halogens is 1. The third kappa shape index (κ3) is 2.36. The maximum atomic E-state index is 5.74. The van der Waals surface area contributed by atoms with E-state index >= 15 is 0 Å². The molecule has 5 heteroatoms. The Morgan fingerprint density at radius 2 is 2.50 bits per heavy atom. The highest BCUT2D eigenvalue weighted by molar-refractivity contribution is 9.10. The summed E-state index contributed by atoms with van der Waals surface area (Å²) in [4.78, 5) is 6.68. The lowest BCUT2D eigenvalue weighted by molar-refractivity contribution is 0.121. The van der Waals surface area contributed by atoms with Crippen LogP contribution < -0.4 is 10.6 Å². The van der Waals surface area contributed by atoms with Gasteiger partial charge in [0.2, 0.25) is 0 Å². The van der Waals surface area contributed by atoms with Crippen LogP contribution in [0.1, 0.15) is 12.0 Å². The van der Waals surface area contributed by atoms with E-state index < -0.39 is 0 Å². The second kappa shape index (κ2) is 5.12. The molecule has 0 amide bonds. The van der Waals surface area contributed by atoms with Gasteiger partial charge in [-0.25, -0.2) is 4.98 Å². The third-order valence-electron chi connectivity index (χ3n) is 2.91. The maximum Gasteiger partial charge on any atom is 0.133 e. The summed E-state index contributed by atoms with van der Waals surface area (Å²) in [5.74, 6) is 0.991. The lowest BCUT2D eigenvalue weighted by Gasteiger charge is -2.20. The van der Waals surface area contributed by atoms with Crippen LogP contribution in [0.25, 0.3) is 0 Å². The molecule has 4 nitrogen and oxygen atoms in total. The van der Waals surface area contributed by atoms with Crippen molar-refractivity contribution in [2.24, 2.45) is 5.73 Å². The molecule has 0 spiro atoms. The second-order valence-corrected chi connectivity index (χ2v) is 4.85. The van der Waals surface area contributed by atoms with Crippen LogP contribution in [0.2, 0.25) is 0 Å². The SMILES string of the molecule is COC1CCN(c2ncc(Br)cc2CN)C1. The van der Waals surface area contributed by atoms with Crippen molar-refractivity contribution in [3.63, 3.8) is 0 Å². The van der Waals surface area contributed by atoms with E-state index in [9.17, 15) is 0 Å². The number of anilines is 1. The van der Waals surface area contributed by atoms with Crippen LogP contribution in [0.15, 0.2) is 16.7 Å². The minimum Gasteiger partial charge on any atom is -0.380 e. The predicted octanol–water partition coefficient (Wildman–Crippen LogP) is 1.53. The Labute approximate surface area is 104 Å². The average Bonchev–Trinajstić information content (AvgIpc) is 2.77. The van der Waals surface area contributed by atoms with Crippen molar-refractivity contribution in [2.75, 3.05) is 25.1 Å². The van der Waals surface area contributed by atoms with E-state index in [2.05, 4.69) is 25.8 Å². The summed E-state index contributed by atoms with van der Waals surface area (Å²) in [6.07, 6.45) is 3.18. The van der Waals surface area contributed by atoms with Crippen molar-refractivity contribution in [1.29, 1.82) is 0 Å². The largest absolute Gasteiger partial charge is 0.380 e. The van der Waals surface area contributed by atoms with Gasteiger partial charge in [-0.3, -0.25) is 0 Å². The van der Waals surface area contributed by atoms with E-state index in [-0.39, 0.29) is 0 Å². The smallest absolute Gasteiger partial charge is 0.133 e. The molecule has 1 aliphatic heterocycles. The fraction of sp³-hybridized carbons (Fsp3) is 0.545. The van der Waals surface area contributed by atoms with Gasteiger partial charge in [-0.05, 0) is 28.4 Å². The normalized spacial score (nSPS) is 20.4. The molecule has 1 atom stereocenters. The molecule has 0 saturated carbocycles. The van der Waals surface area contributed by atoms with E-state index in [1.54, 1.807) is 7.11 Å². The van der Waals surface area contributed by atoms with Gasteiger partial charge in [-0.1, -0.05) is 0 Å². The monoisotopic (exact) mass is 285 g/mol. The van der Waals surface area contributed by atoms with E-state index in [1.807, 2.05) is 12.3 Å². The van der Waals surface area contributed by atoms with E-state index in [0.29, 0.717) is 12.6 Å². The molecule has 1 unspecified atom stereocenters. The molecule has 88 valence electrons. The van der Waals surface area contributed by atoms with Crippen LogP contribution in [-0.4, -0.2) is 31.3 Å². The molecule has 1 aromatic heterocycles. The fourth-order valence-corrected chi connectivity index (χ4v) is 2.40. The van der Waals surface area contributed by atoms with Crippen molar-refractivity contribution >= 4 is 21.7 Å². The van der Waals surface area contributed by atoms with Crippen molar-refractivity contribution < 1.29 is 4.74 Å². The minimum atomic E-state index is 0.316. The summed E-state index contributed by atoms with van der Waals surface area (Å²) in [6, 6.07) is 2.03. The van der Waals surface area contributed by atoms with Crippen LogP contribution in [-0.2, 0) is 11.3 Å². The quantitative estimate of drug-likeness (QED) is 0.915. The third-order valence-corrected chi connectivity index (χ3v) is 3.34. The Morgan fingerprint density at radius 3 is 3.12 bits per heavy atom. The number of rotatable bonds is 3. The Balaban J connectivity index is 2.20. The summed E-state index contributed by atoms with van der Waals surface area (Å²) in [5.41, 5.74) is 6.81. The first-order chi connectivity index (χ1) is 7.74. The molecular weight excluding hydrogens is 270 g/mol. The lowest BCUT2D eigenvalue weighted by atomic mass is 10.2. The van der Waals surface area contributed by atoms with Crippen molar-refractivity contribution in [2.45, 2.75) is 19.1 Å². The van der Waals surface area contributed by atoms with Gasteiger partial charge in [0.1, 0.15) is 5.82 Å². The van der Waals surface area contributed by atoms with Gasteiger partial charge in [-0.2, -0.15) is 0 Å². The second-order valence-electron chi connectivity index (χ2n) is 3.93. The van der Waals surface area contributed by atoms with Gasteiger partial charge in [0.25, 0.3) is 0 Å². The molecule has 0 aliphatic carbocycles. The lowest BCUT2D eigenvalue weighted by Crippen LogP contribution is -2.24. The molecule has 16 heavy (non-hydrogen) atoms. The molecule has 0 bridgehead atoms. The molecule has 1 aromatic rings. The predicted molar refractivity (Wildman–Crippen MR) is 67.5 cm³/mol. The summed E-state index contributed by atoms with van der Waals surface area (Å²) in [7, 11) is 1.76. The standard InChI is InChI=1S/C11H16BrN3O/c1-16-10-2-3-15(7-10)11-8(5-13)4-9(12)6-14-11/h4,6,10H,2-3,5,7,13H2,1H3. The zero-order chi connectivity index (χ0) is 11.5. The van der Waals surface area contributed by atoms with Gasteiger partial charge in [-0.15, -0.1) is 0 Å². The number of aromatic nitrogens is 1. The first-order valence-electron chi connectivity index (χ1n) is 5.37. The number of pyridine rings is 1. The Kier molecular flexibility index (Phi) is 3.78. The zero-order valence-corrected chi connectivity index (χ0v) is 10.9. The minimum absolute atomic E-state index is 0.316. The number of nitrogens with two attached hydrogens (primary N) is 1. The number of hydrogen-bond donors (Lipinski definition) is 1. The summed E-state index contributed by atoms with van der Waals surface area (Å²) >= 11 is 3.41. The molecule has 0 aromatic carbocycles. The van der Waals surface area contributed by atoms with E-state index in [1.165, 1.54) is 0 Å². The van der Waals surface area contributed by atoms with Crippen molar-refractivity contribution in [3.8, 4) is 0 Å². The van der Waals surface area contributed by atoms with Gasteiger partial charge in [0.15, 0.2) is 0 Å². The molecule has 2 heterocycles. The van der Waals surface area contributed by atoms with Crippen LogP contribution in [0.5, 0.6) is 0 Å². The maximum absolute atomic E-state index is 5.74. The van der Waals surface area contributed by atoms with Gasteiger partial charge < -0.3 is 15.4 Å². The van der Waals surface area contributed by atoms with Gasteiger partial charge >= 0.3 is 0 Å². The molecule has 1 aliphatic rings. The van der Waals surface area contributed by atoms with Crippen molar-refractivity contribution in [3.05, 3.63) is 22.3 Å². The number of nitrogens with zero attached hydrogens (tertiary/aromatic N) is 2. The Bertz CT molecular complexity index is 372. The summed E-state index contributed by atoms with van der Waals surface area (Å²) in [6.45, 7) is 2.40. The van der Waals surface area contributed by atoms with Gasteiger partial charge in [0.05, 0.1) is 6.10 Å². The van der Waals surface area contributed by atoms with Crippen LogP contribution in [0.4, 0.5) is 5.82 Å². The summed E-state index contributed by atoms with van der Waals surface area (Å²) in [5, 5.41) is 0. The average molecular weight is 286 g/mol. The van der Waals surface area contributed by atoms with Gasteiger partial charge in [0, 0.05) is 43.0 Å². The highest BCUT2D eigenvalue weighted by atomic mass is 79.9. The topological polar surface area (TPSA) is 51.4 Å².